The highest BCUT2D eigenvalue weighted by atomic mass is 15.1. The van der Waals surface area contributed by atoms with Crippen molar-refractivity contribution in [2.75, 3.05) is 5.32 Å². The molecular formula is C24H19N7. The minimum absolute atomic E-state index is 0.453. The van der Waals surface area contributed by atoms with Gasteiger partial charge >= 0.3 is 0 Å². The van der Waals surface area contributed by atoms with Crippen molar-refractivity contribution < 1.29 is 0 Å². The molecule has 5 rings (SSSR count). The minimum Gasteiger partial charge on any atom is -0.330 e. The zero-order chi connectivity index (χ0) is 21.2. The van der Waals surface area contributed by atoms with Crippen LogP contribution in [0.1, 0.15) is 36.3 Å². The highest BCUT2D eigenvalue weighted by Gasteiger charge is 2.25. The highest BCUT2D eigenvalue weighted by Crippen LogP contribution is 2.42. The molecule has 0 amide bonds. The third-order valence-electron chi connectivity index (χ3n) is 5.42. The molecule has 0 aliphatic heterocycles. The van der Waals surface area contributed by atoms with Crippen LogP contribution < -0.4 is 5.32 Å². The van der Waals surface area contributed by atoms with Gasteiger partial charge in [-0.3, -0.25) is 0 Å². The number of pyridine rings is 2. The Morgan fingerprint density at radius 3 is 2.74 bits per heavy atom. The van der Waals surface area contributed by atoms with Crippen molar-refractivity contribution in [2.45, 2.75) is 31.7 Å². The van der Waals surface area contributed by atoms with Crippen LogP contribution >= 0.6 is 0 Å². The second kappa shape index (κ2) is 7.89. The van der Waals surface area contributed by atoms with Crippen LogP contribution in [0.4, 0.5) is 11.6 Å². The van der Waals surface area contributed by atoms with Gasteiger partial charge in [0, 0.05) is 18.3 Å². The Morgan fingerprint density at radius 1 is 1.03 bits per heavy atom. The maximum atomic E-state index is 9.14. The predicted molar refractivity (Wildman–Crippen MR) is 117 cm³/mol. The second-order valence-electron chi connectivity index (χ2n) is 7.66. The summed E-state index contributed by atoms with van der Waals surface area (Å²) < 4.78 is 2.00. The number of aryl methyl sites for hydroxylation is 1. The van der Waals surface area contributed by atoms with Crippen LogP contribution in [0, 0.1) is 22.7 Å². The van der Waals surface area contributed by atoms with Crippen molar-refractivity contribution >= 4 is 22.7 Å². The molecule has 0 bridgehead atoms. The van der Waals surface area contributed by atoms with Crippen molar-refractivity contribution in [3.8, 4) is 23.4 Å². The van der Waals surface area contributed by atoms with E-state index in [1.165, 1.54) is 18.4 Å². The largest absolute Gasteiger partial charge is 0.330 e. The molecule has 3 aromatic heterocycles. The number of nitriles is 2. The average Bonchev–Trinajstić information content (AvgIpc) is 3.58. The fraction of sp³-hybridized carbons (Fsp3) is 0.208. The highest BCUT2D eigenvalue weighted by molar-refractivity contribution is 5.82. The molecule has 150 valence electrons. The Balaban J connectivity index is 1.51. The summed E-state index contributed by atoms with van der Waals surface area (Å²) in [6.45, 7) is 0.630. The molecule has 1 N–H and O–H groups in total. The lowest BCUT2D eigenvalue weighted by Crippen LogP contribution is -1.99. The van der Waals surface area contributed by atoms with Crippen molar-refractivity contribution in [1.82, 2.24) is 19.5 Å². The van der Waals surface area contributed by atoms with Gasteiger partial charge in [0.1, 0.15) is 11.6 Å². The fourth-order valence-corrected chi connectivity index (χ4v) is 3.69. The maximum Gasteiger partial charge on any atom is 0.132 e. The molecule has 0 saturated heterocycles. The van der Waals surface area contributed by atoms with E-state index in [-0.39, 0.29) is 0 Å². The topological polar surface area (TPSA) is 103 Å². The number of hydrogen-bond donors (Lipinski definition) is 1. The van der Waals surface area contributed by atoms with Crippen LogP contribution in [0.2, 0.25) is 0 Å². The number of fused-ring (bicyclic) bond motifs is 1. The Morgan fingerprint density at radius 2 is 1.94 bits per heavy atom. The van der Waals surface area contributed by atoms with Crippen LogP contribution in [-0.2, 0) is 6.54 Å². The average molecular weight is 405 g/mol. The van der Waals surface area contributed by atoms with Crippen molar-refractivity contribution in [3.63, 3.8) is 0 Å². The fourth-order valence-electron chi connectivity index (χ4n) is 3.69. The first-order valence-electron chi connectivity index (χ1n) is 10.2. The summed E-state index contributed by atoms with van der Waals surface area (Å²) in [5, 5.41) is 21.2. The lowest BCUT2D eigenvalue weighted by atomic mass is 10.1. The van der Waals surface area contributed by atoms with Crippen molar-refractivity contribution in [1.29, 1.82) is 10.5 Å². The van der Waals surface area contributed by atoms with Gasteiger partial charge in [-0.2, -0.15) is 10.5 Å². The molecular weight excluding hydrogens is 386 g/mol. The molecule has 1 aliphatic carbocycles. The minimum atomic E-state index is 0.453. The van der Waals surface area contributed by atoms with Crippen LogP contribution in [0.3, 0.4) is 0 Å². The Kier molecular flexibility index (Phi) is 4.78. The van der Waals surface area contributed by atoms with Gasteiger partial charge in [-0.05, 0) is 60.7 Å². The normalized spacial score (nSPS) is 13.0. The lowest BCUT2D eigenvalue weighted by Gasteiger charge is -2.11. The van der Waals surface area contributed by atoms with E-state index in [1.807, 2.05) is 22.8 Å². The molecule has 0 radical (unpaired) electrons. The van der Waals surface area contributed by atoms with Gasteiger partial charge in [0.15, 0.2) is 0 Å². The molecule has 0 atom stereocenters. The van der Waals surface area contributed by atoms with E-state index < -0.39 is 0 Å². The zero-order valence-electron chi connectivity index (χ0n) is 16.8. The predicted octanol–water partition coefficient (Wildman–Crippen LogP) is 4.90. The van der Waals surface area contributed by atoms with E-state index in [1.54, 1.807) is 24.7 Å². The zero-order valence-corrected chi connectivity index (χ0v) is 16.8. The smallest absolute Gasteiger partial charge is 0.132 e. The molecule has 3 heterocycles. The molecule has 1 aromatic carbocycles. The molecule has 0 unspecified atom stereocenters. The van der Waals surface area contributed by atoms with Crippen molar-refractivity contribution in [3.05, 3.63) is 66.1 Å². The summed E-state index contributed by atoms with van der Waals surface area (Å²) in [7, 11) is 0. The lowest BCUT2D eigenvalue weighted by molar-refractivity contribution is 0.736. The van der Waals surface area contributed by atoms with Crippen molar-refractivity contribution in [2.24, 2.45) is 0 Å². The molecule has 4 aromatic rings. The quantitative estimate of drug-likeness (QED) is 0.489. The Bertz CT molecular complexity index is 1350. The monoisotopic (exact) mass is 405 g/mol. The summed E-state index contributed by atoms with van der Waals surface area (Å²) >= 11 is 0. The number of rotatable bonds is 6. The molecule has 1 aliphatic rings. The number of hydrogen-bond acceptors (Lipinski definition) is 6. The van der Waals surface area contributed by atoms with E-state index in [0.717, 1.165) is 22.3 Å². The molecule has 1 saturated carbocycles. The van der Waals surface area contributed by atoms with Gasteiger partial charge in [-0.25, -0.2) is 15.0 Å². The molecule has 7 heteroatoms. The second-order valence-corrected chi connectivity index (χ2v) is 7.66. The maximum absolute atomic E-state index is 9.14. The van der Waals surface area contributed by atoms with Gasteiger partial charge in [0.25, 0.3) is 0 Å². The molecule has 31 heavy (non-hydrogen) atoms. The molecule has 0 spiro atoms. The standard InChI is InChI=1S/C24H19N7/c25-7-1-9-31-15-28-21-11-18(4-5-22(21)31)20-12-19(17-2-3-17)13-24(29-20)30-23-10-16(14-26)6-8-27-23/h4-6,8,10-13,15,17H,1-3,9H2,(H,27,29,30). The number of imidazole rings is 1. The summed E-state index contributed by atoms with van der Waals surface area (Å²) in [5.74, 6) is 1.87. The van der Waals surface area contributed by atoms with Crippen LogP contribution in [0.15, 0.2) is 55.0 Å². The number of aromatic nitrogens is 4. The van der Waals surface area contributed by atoms with Gasteiger partial charge in [0.2, 0.25) is 0 Å². The Labute approximate surface area is 179 Å². The number of nitrogens with one attached hydrogen (secondary N) is 1. The van der Waals surface area contributed by atoms with Crippen LogP contribution in [0.25, 0.3) is 22.3 Å². The first-order chi connectivity index (χ1) is 15.2. The first kappa shape index (κ1) is 18.8. The van der Waals surface area contributed by atoms with Gasteiger partial charge in [0.05, 0.1) is 47.2 Å². The third-order valence-corrected chi connectivity index (χ3v) is 5.42. The van der Waals surface area contributed by atoms with E-state index in [2.05, 4.69) is 39.6 Å². The number of anilines is 2. The van der Waals surface area contributed by atoms with E-state index in [0.29, 0.717) is 36.1 Å². The summed E-state index contributed by atoms with van der Waals surface area (Å²) in [4.78, 5) is 13.6. The van der Waals surface area contributed by atoms with Crippen LogP contribution in [0.5, 0.6) is 0 Å². The number of nitrogens with zero attached hydrogens (tertiary/aromatic N) is 6. The van der Waals surface area contributed by atoms with Gasteiger partial charge in [-0.15, -0.1) is 0 Å². The van der Waals surface area contributed by atoms with E-state index in [9.17, 15) is 0 Å². The Hall–Kier alpha value is -4.23. The van der Waals surface area contributed by atoms with E-state index in [4.69, 9.17) is 15.5 Å². The van der Waals surface area contributed by atoms with Gasteiger partial charge in [-0.1, -0.05) is 6.07 Å². The summed E-state index contributed by atoms with van der Waals surface area (Å²) in [5.41, 5.74) is 5.55. The molecule has 7 nitrogen and oxygen atoms in total. The summed E-state index contributed by atoms with van der Waals surface area (Å²) in [6, 6.07) is 18.0. The molecule has 1 fully saturated rings. The third kappa shape index (κ3) is 3.94. The number of benzene rings is 1. The van der Waals surface area contributed by atoms with E-state index >= 15 is 0 Å². The first-order valence-corrected chi connectivity index (χ1v) is 10.2. The SMILES string of the molecule is N#CCCn1cnc2cc(-c3cc(C4CC4)cc(Nc4cc(C#N)ccn4)n3)ccc21. The van der Waals surface area contributed by atoms with Gasteiger partial charge < -0.3 is 9.88 Å². The summed E-state index contributed by atoms with van der Waals surface area (Å²) in [6.07, 6.45) is 6.22. The van der Waals surface area contributed by atoms with Crippen LogP contribution in [-0.4, -0.2) is 19.5 Å².